The molecule has 6 nitrogen and oxygen atoms in total. The van der Waals surface area contributed by atoms with E-state index in [2.05, 4.69) is 19.2 Å². The van der Waals surface area contributed by atoms with E-state index in [-0.39, 0.29) is 11.8 Å². The number of carbonyl (C=O) groups excluding carboxylic acids is 2. The third-order valence-corrected chi connectivity index (χ3v) is 5.17. The van der Waals surface area contributed by atoms with E-state index in [4.69, 9.17) is 9.47 Å². The smallest absolute Gasteiger partial charge is 0.254 e. The van der Waals surface area contributed by atoms with Gasteiger partial charge in [0, 0.05) is 18.2 Å². The molecule has 0 saturated heterocycles. The Hall–Kier alpha value is -3.02. The number of fused-ring (bicyclic) bond motifs is 1. The fraction of sp³-hybridized carbons (Fsp3) is 0.417. The summed E-state index contributed by atoms with van der Waals surface area (Å²) in [6.07, 6.45) is 0.966. The first-order valence-corrected chi connectivity index (χ1v) is 10.3. The minimum absolute atomic E-state index is 0.137. The minimum Gasteiger partial charge on any atom is -0.493 e. The van der Waals surface area contributed by atoms with Crippen LogP contribution in [-0.2, 0) is 16.1 Å². The van der Waals surface area contributed by atoms with Crippen molar-refractivity contribution < 1.29 is 19.1 Å². The summed E-state index contributed by atoms with van der Waals surface area (Å²) in [7, 11) is 1.61. The lowest BCUT2D eigenvalue weighted by Gasteiger charge is -2.19. The SMILES string of the molecule is COc1cc(CN2C(=O)[C@H](NC(C)=O)c3cc(C)ccc32)ccc1OCCC(C)C. The van der Waals surface area contributed by atoms with Crippen molar-refractivity contribution in [3.05, 3.63) is 53.1 Å². The van der Waals surface area contributed by atoms with E-state index < -0.39 is 6.04 Å². The highest BCUT2D eigenvalue weighted by atomic mass is 16.5. The van der Waals surface area contributed by atoms with Gasteiger partial charge in [-0.15, -0.1) is 0 Å². The number of nitrogens with zero attached hydrogens (tertiary/aromatic N) is 1. The number of carbonyl (C=O) groups is 2. The molecule has 2 aromatic carbocycles. The van der Waals surface area contributed by atoms with Gasteiger partial charge in [-0.25, -0.2) is 0 Å². The van der Waals surface area contributed by atoms with E-state index in [0.29, 0.717) is 30.6 Å². The first kappa shape index (κ1) is 21.7. The molecule has 2 aromatic rings. The molecule has 1 aliphatic heterocycles. The summed E-state index contributed by atoms with van der Waals surface area (Å²) < 4.78 is 11.4. The summed E-state index contributed by atoms with van der Waals surface area (Å²) in [5.74, 6) is 1.54. The molecule has 160 valence electrons. The van der Waals surface area contributed by atoms with E-state index >= 15 is 0 Å². The molecule has 0 radical (unpaired) electrons. The molecular formula is C24H30N2O4. The van der Waals surface area contributed by atoms with Gasteiger partial charge in [-0.05, 0) is 43.0 Å². The van der Waals surface area contributed by atoms with Gasteiger partial charge < -0.3 is 19.7 Å². The van der Waals surface area contributed by atoms with E-state index in [1.165, 1.54) is 6.92 Å². The molecule has 0 aromatic heterocycles. The first-order chi connectivity index (χ1) is 14.3. The molecule has 0 aliphatic carbocycles. The van der Waals surface area contributed by atoms with Crippen molar-refractivity contribution in [2.24, 2.45) is 5.92 Å². The Morgan fingerprint density at radius 3 is 2.60 bits per heavy atom. The third kappa shape index (κ3) is 4.75. The van der Waals surface area contributed by atoms with Crippen LogP contribution < -0.4 is 19.7 Å². The zero-order chi connectivity index (χ0) is 21.8. The van der Waals surface area contributed by atoms with Crippen LogP contribution in [0.2, 0.25) is 0 Å². The van der Waals surface area contributed by atoms with Crippen molar-refractivity contribution in [1.29, 1.82) is 0 Å². The highest BCUT2D eigenvalue weighted by molar-refractivity contribution is 6.06. The number of methoxy groups -OCH3 is 1. The molecule has 1 aliphatic rings. The average Bonchev–Trinajstić information content (AvgIpc) is 2.93. The van der Waals surface area contributed by atoms with Gasteiger partial charge in [0.05, 0.1) is 20.3 Å². The molecule has 30 heavy (non-hydrogen) atoms. The van der Waals surface area contributed by atoms with Crippen LogP contribution in [0.3, 0.4) is 0 Å². The predicted octanol–water partition coefficient (Wildman–Crippen LogP) is 4.15. The van der Waals surface area contributed by atoms with Gasteiger partial charge in [0.15, 0.2) is 11.5 Å². The van der Waals surface area contributed by atoms with Crippen LogP contribution in [0.15, 0.2) is 36.4 Å². The van der Waals surface area contributed by atoms with Crippen LogP contribution in [0.25, 0.3) is 0 Å². The number of hydrogen-bond acceptors (Lipinski definition) is 4. The molecule has 0 unspecified atom stereocenters. The quantitative estimate of drug-likeness (QED) is 0.710. The van der Waals surface area contributed by atoms with Crippen LogP contribution >= 0.6 is 0 Å². The van der Waals surface area contributed by atoms with Gasteiger partial charge in [0.1, 0.15) is 6.04 Å². The number of aryl methyl sites for hydroxylation is 1. The second kappa shape index (κ2) is 9.20. The highest BCUT2D eigenvalue weighted by Crippen LogP contribution is 2.38. The summed E-state index contributed by atoms with van der Waals surface area (Å²) in [6, 6.07) is 10.9. The lowest BCUT2D eigenvalue weighted by Crippen LogP contribution is -2.36. The van der Waals surface area contributed by atoms with Gasteiger partial charge in [-0.2, -0.15) is 0 Å². The van der Waals surface area contributed by atoms with Crippen molar-refractivity contribution in [3.8, 4) is 11.5 Å². The average molecular weight is 411 g/mol. The van der Waals surface area contributed by atoms with Crippen LogP contribution in [0.4, 0.5) is 5.69 Å². The Morgan fingerprint density at radius 2 is 1.93 bits per heavy atom. The number of nitrogens with one attached hydrogen (secondary N) is 1. The molecule has 0 saturated carbocycles. The number of ether oxygens (including phenoxy) is 2. The molecule has 1 heterocycles. The molecule has 0 fully saturated rings. The summed E-state index contributed by atoms with van der Waals surface area (Å²) in [6.45, 7) is 8.72. The largest absolute Gasteiger partial charge is 0.493 e. The zero-order valence-corrected chi connectivity index (χ0v) is 18.3. The minimum atomic E-state index is -0.655. The summed E-state index contributed by atoms with van der Waals surface area (Å²) in [5.41, 5.74) is 3.62. The normalized spacial score (nSPS) is 15.3. The van der Waals surface area contributed by atoms with Crippen molar-refractivity contribution in [2.45, 2.75) is 46.7 Å². The molecule has 0 bridgehead atoms. The third-order valence-electron chi connectivity index (χ3n) is 5.17. The van der Waals surface area contributed by atoms with E-state index in [0.717, 1.165) is 28.8 Å². The summed E-state index contributed by atoms with van der Waals surface area (Å²) >= 11 is 0. The monoisotopic (exact) mass is 410 g/mol. The maximum Gasteiger partial charge on any atom is 0.254 e. The molecule has 3 rings (SSSR count). The highest BCUT2D eigenvalue weighted by Gasteiger charge is 2.37. The van der Waals surface area contributed by atoms with E-state index in [9.17, 15) is 9.59 Å². The Balaban J connectivity index is 1.83. The van der Waals surface area contributed by atoms with Crippen LogP contribution in [-0.4, -0.2) is 25.5 Å². The number of benzene rings is 2. The Kier molecular flexibility index (Phi) is 6.65. The van der Waals surface area contributed by atoms with Gasteiger partial charge in [-0.1, -0.05) is 37.6 Å². The number of amides is 2. The Labute approximate surface area is 178 Å². The maximum absolute atomic E-state index is 13.1. The Bertz CT molecular complexity index is 939. The number of rotatable bonds is 8. The van der Waals surface area contributed by atoms with Gasteiger partial charge in [0.2, 0.25) is 5.91 Å². The molecular weight excluding hydrogens is 380 g/mol. The van der Waals surface area contributed by atoms with E-state index in [1.54, 1.807) is 12.0 Å². The lowest BCUT2D eigenvalue weighted by atomic mass is 10.1. The van der Waals surface area contributed by atoms with Gasteiger partial charge in [0.25, 0.3) is 5.91 Å². The molecule has 6 heteroatoms. The van der Waals surface area contributed by atoms with Crippen LogP contribution in [0.1, 0.15) is 49.9 Å². The topological polar surface area (TPSA) is 67.9 Å². The maximum atomic E-state index is 13.1. The molecule has 2 amide bonds. The predicted molar refractivity (Wildman–Crippen MR) is 117 cm³/mol. The van der Waals surface area contributed by atoms with Crippen LogP contribution in [0, 0.1) is 12.8 Å². The van der Waals surface area contributed by atoms with Gasteiger partial charge >= 0.3 is 0 Å². The van der Waals surface area contributed by atoms with Crippen molar-refractivity contribution in [2.75, 3.05) is 18.6 Å². The lowest BCUT2D eigenvalue weighted by molar-refractivity contribution is -0.126. The fourth-order valence-corrected chi connectivity index (χ4v) is 3.58. The molecule has 1 N–H and O–H groups in total. The first-order valence-electron chi connectivity index (χ1n) is 10.3. The van der Waals surface area contributed by atoms with Crippen molar-refractivity contribution >= 4 is 17.5 Å². The van der Waals surface area contributed by atoms with Crippen molar-refractivity contribution in [1.82, 2.24) is 5.32 Å². The standard InChI is InChI=1S/C24H30N2O4/c1-15(2)10-11-30-21-9-7-18(13-22(21)29-5)14-26-20-8-6-16(3)12-19(20)23(24(26)28)25-17(4)27/h6-9,12-13,15,23H,10-11,14H2,1-5H3,(H,25,27)/t23-/m1/s1. The Morgan fingerprint density at radius 1 is 1.17 bits per heavy atom. The van der Waals surface area contributed by atoms with E-state index in [1.807, 2.05) is 43.3 Å². The second-order valence-electron chi connectivity index (χ2n) is 8.14. The summed E-state index contributed by atoms with van der Waals surface area (Å²) in [5, 5.41) is 2.78. The summed E-state index contributed by atoms with van der Waals surface area (Å²) in [4.78, 5) is 26.4. The zero-order valence-electron chi connectivity index (χ0n) is 18.3. The number of anilines is 1. The fourth-order valence-electron chi connectivity index (χ4n) is 3.58. The molecule has 1 atom stereocenters. The van der Waals surface area contributed by atoms with Gasteiger partial charge in [-0.3, -0.25) is 9.59 Å². The van der Waals surface area contributed by atoms with Crippen LogP contribution in [0.5, 0.6) is 11.5 Å². The second-order valence-corrected chi connectivity index (χ2v) is 8.14. The van der Waals surface area contributed by atoms with Crippen molar-refractivity contribution in [3.63, 3.8) is 0 Å². The number of hydrogen-bond donors (Lipinski definition) is 1. The molecule has 0 spiro atoms.